The van der Waals surface area contributed by atoms with Crippen molar-refractivity contribution < 1.29 is 14.2 Å². The smallest absolute Gasteiger partial charge is 0.0701 e. The minimum atomic E-state index is -0.0381. The molecule has 0 N–H and O–H groups in total. The Kier molecular flexibility index (Phi) is 10.9. The first-order valence-electron chi connectivity index (χ1n) is 12.3. The van der Waals surface area contributed by atoms with E-state index in [1.165, 1.54) is 47.9 Å². The molecular weight excluding hydrogens is 544 g/mol. The Bertz CT molecular complexity index is 832. The predicted molar refractivity (Wildman–Crippen MR) is 144 cm³/mol. The highest BCUT2D eigenvalue weighted by Crippen LogP contribution is 2.55. The molecule has 1 aliphatic carbocycles. The Labute approximate surface area is 216 Å². The van der Waals surface area contributed by atoms with Gasteiger partial charge in [-0.3, -0.25) is 0 Å². The van der Waals surface area contributed by atoms with E-state index in [1.54, 1.807) is 7.11 Å². The van der Waals surface area contributed by atoms with Crippen molar-refractivity contribution in [1.82, 2.24) is 0 Å². The Hall–Kier alpha value is -0.720. The number of hydrogen-bond acceptors (Lipinski definition) is 3. The number of hydrogen-bond donors (Lipinski definition) is 0. The highest BCUT2D eigenvalue weighted by atomic mass is 79.9. The molecule has 33 heavy (non-hydrogen) atoms. The van der Waals surface area contributed by atoms with Crippen molar-refractivity contribution >= 4 is 31.9 Å². The topological polar surface area (TPSA) is 27.7 Å². The van der Waals surface area contributed by atoms with Crippen LogP contribution in [0.15, 0.2) is 45.3 Å². The van der Waals surface area contributed by atoms with Gasteiger partial charge < -0.3 is 14.2 Å². The Morgan fingerprint density at radius 3 is 1.94 bits per heavy atom. The quantitative estimate of drug-likeness (QED) is 0.199. The van der Waals surface area contributed by atoms with Gasteiger partial charge in [-0.2, -0.15) is 0 Å². The van der Waals surface area contributed by atoms with E-state index in [4.69, 9.17) is 14.2 Å². The van der Waals surface area contributed by atoms with Gasteiger partial charge in [0.1, 0.15) is 0 Å². The highest BCUT2D eigenvalue weighted by molar-refractivity contribution is 9.10. The maximum absolute atomic E-state index is 6.10. The van der Waals surface area contributed by atoms with Crippen LogP contribution < -0.4 is 0 Å². The molecule has 0 fully saturated rings. The molecule has 0 amide bonds. The van der Waals surface area contributed by atoms with Crippen LogP contribution >= 0.6 is 31.9 Å². The maximum atomic E-state index is 6.10. The van der Waals surface area contributed by atoms with Crippen molar-refractivity contribution in [2.24, 2.45) is 5.92 Å². The SMILES string of the molecule is CCCCC(CC)CC1(CCOCCOCCOC)c2cc(Br)ccc2-c2ccc(Br)cc21. The van der Waals surface area contributed by atoms with Crippen molar-refractivity contribution in [3.05, 3.63) is 56.5 Å². The fourth-order valence-corrected chi connectivity index (χ4v) is 5.90. The summed E-state index contributed by atoms with van der Waals surface area (Å²) in [5.74, 6) is 0.694. The summed E-state index contributed by atoms with van der Waals surface area (Å²) in [7, 11) is 1.69. The van der Waals surface area contributed by atoms with Crippen molar-refractivity contribution in [3.8, 4) is 11.1 Å². The summed E-state index contributed by atoms with van der Waals surface area (Å²) < 4.78 is 19.0. The Balaban J connectivity index is 1.88. The summed E-state index contributed by atoms with van der Waals surface area (Å²) in [6, 6.07) is 13.6. The molecule has 1 aliphatic rings. The molecule has 182 valence electrons. The number of unbranched alkanes of at least 4 members (excludes halogenated alkanes) is 1. The van der Waals surface area contributed by atoms with Crippen LogP contribution in [0.2, 0.25) is 0 Å². The van der Waals surface area contributed by atoms with Crippen molar-refractivity contribution in [2.45, 2.75) is 57.8 Å². The van der Waals surface area contributed by atoms with Crippen LogP contribution in [0.1, 0.15) is 63.5 Å². The minimum absolute atomic E-state index is 0.0381. The summed E-state index contributed by atoms with van der Waals surface area (Å²) in [5.41, 5.74) is 5.59. The number of rotatable bonds is 15. The molecule has 1 atom stereocenters. The first-order valence-corrected chi connectivity index (χ1v) is 13.9. The number of benzene rings is 2. The zero-order valence-electron chi connectivity index (χ0n) is 20.3. The molecule has 3 nitrogen and oxygen atoms in total. The van der Waals surface area contributed by atoms with Crippen molar-refractivity contribution in [2.75, 3.05) is 40.1 Å². The van der Waals surface area contributed by atoms with Crippen LogP contribution in [-0.4, -0.2) is 40.1 Å². The average molecular weight is 582 g/mol. The second kappa shape index (κ2) is 13.4. The van der Waals surface area contributed by atoms with Gasteiger partial charge in [0.25, 0.3) is 0 Å². The van der Waals surface area contributed by atoms with E-state index >= 15 is 0 Å². The molecule has 0 heterocycles. The molecule has 1 unspecified atom stereocenters. The number of ether oxygens (including phenoxy) is 3. The minimum Gasteiger partial charge on any atom is -0.382 e. The molecule has 0 aromatic heterocycles. The normalized spacial score (nSPS) is 14.8. The summed E-state index contributed by atoms with van der Waals surface area (Å²) >= 11 is 7.51. The van der Waals surface area contributed by atoms with Crippen LogP contribution in [0.25, 0.3) is 11.1 Å². The molecule has 0 radical (unpaired) electrons. The Morgan fingerprint density at radius 2 is 1.39 bits per heavy atom. The fourth-order valence-electron chi connectivity index (χ4n) is 5.18. The molecule has 0 aliphatic heterocycles. The molecule has 5 heteroatoms. The zero-order chi connectivity index (χ0) is 23.7. The number of fused-ring (bicyclic) bond motifs is 3. The molecular formula is C28H38Br2O3. The van der Waals surface area contributed by atoms with E-state index in [9.17, 15) is 0 Å². The van der Waals surface area contributed by atoms with Gasteiger partial charge in [0.05, 0.1) is 26.4 Å². The second-order valence-corrected chi connectivity index (χ2v) is 10.9. The molecule has 2 aromatic rings. The van der Waals surface area contributed by atoms with Gasteiger partial charge in [0.15, 0.2) is 0 Å². The lowest BCUT2D eigenvalue weighted by atomic mass is 9.68. The third-order valence-corrected chi connectivity index (χ3v) is 7.93. The zero-order valence-corrected chi connectivity index (χ0v) is 23.5. The van der Waals surface area contributed by atoms with Gasteiger partial charge in [0.2, 0.25) is 0 Å². The van der Waals surface area contributed by atoms with Gasteiger partial charge >= 0.3 is 0 Å². The monoisotopic (exact) mass is 580 g/mol. The average Bonchev–Trinajstić information content (AvgIpc) is 3.06. The van der Waals surface area contributed by atoms with E-state index in [-0.39, 0.29) is 5.41 Å². The lowest BCUT2D eigenvalue weighted by molar-refractivity contribution is 0.0209. The van der Waals surface area contributed by atoms with E-state index in [0.29, 0.717) is 32.3 Å². The van der Waals surface area contributed by atoms with Crippen LogP contribution in [0.4, 0.5) is 0 Å². The maximum Gasteiger partial charge on any atom is 0.0701 e. The third kappa shape index (κ3) is 6.70. The predicted octanol–water partition coefficient (Wildman–Crippen LogP) is 8.15. The first kappa shape index (κ1) is 26.9. The Morgan fingerprint density at radius 1 is 0.818 bits per heavy atom. The summed E-state index contributed by atoms with van der Waals surface area (Å²) in [4.78, 5) is 0. The lowest BCUT2D eigenvalue weighted by Gasteiger charge is -2.36. The molecule has 3 rings (SSSR count). The lowest BCUT2D eigenvalue weighted by Crippen LogP contribution is -2.30. The van der Waals surface area contributed by atoms with Gasteiger partial charge in [-0.15, -0.1) is 0 Å². The standard InChI is InChI=1S/C28H38Br2O3/c1-4-6-7-21(5-2)20-28(12-13-32-16-17-33-15-14-31-3)26-18-22(29)8-10-24(26)25-11-9-23(30)19-27(25)28/h8-11,18-19,21H,4-7,12-17,20H2,1-3H3. The second-order valence-electron chi connectivity index (χ2n) is 9.05. The molecule has 0 saturated carbocycles. The van der Waals surface area contributed by atoms with Gasteiger partial charge in [0, 0.05) is 28.1 Å². The fraction of sp³-hybridized carbons (Fsp3) is 0.571. The van der Waals surface area contributed by atoms with E-state index in [1.807, 2.05) is 0 Å². The molecule has 0 spiro atoms. The highest BCUT2D eigenvalue weighted by Gasteiger charge is 2.44. The van der Waals surface area contributed by atoms with E-state index in [2.05, 4.69) is 82.1 Å². The van der Waals surface area contributed by atoms with Crippen LogP contribution in [-0.2, 0) is 19.6 Å². The summed E-state index contributed by atoms with van der Waals surface area (Å²) in [6.45, 7) is 7.81. The van der Waals surface area contributed by atoms with E-state index in [0.717, 1.165) is 28.4 Å². The summed E-state index contributed by atoms with van der Waals surface area (Å²) in [6.07, 6.45) is 7.17. The van der Waals surface area contributed by atoms with E-state index < -0.39 is 0 Å². The van der Waals surface area contributed by atoms with Crippen LogP contribution in [0.3, 0.4) is 0 Å². The van der Waals surface area contributed by atoms with Crippen molar-refractivity contribution in [1.29, 1.82) is 0 Å². The largest absolute Gasteiger partial charge is 0.382 e. The first-order chi connectivity index (χ1) is 16.1. The van der Waals surface area contributed by atoms with Crippen molar-refractivity contribution in [3.63, 3.8) is 0 Å². The number of methoxy groups -OCH3 is 1. The van der Waals surface area contributed by atoms with Gasteiger partial charge in [-0.25, -0.2) is 0 Å². The molecule has 0 bridgehead atoms. The molecule has 2 aromatic carbocycles. The molecule has 0 saturated heterocycles. The van der Waals surface area contributed by atoms with Crippen LogP contribution in [0, 0.1) is 5.92 Å². The third-order valence-electron chi connectivity index (χ3n) is 6.94. The number of halogens is 2. The summed E-state index contributed by atoms with van der Waals surface area (Å²) in [5, 5.41) is 0. The van der Waals surface area contributed by atoms with Gasteiger partial charge in [-0.1, -0.05) is 83.5 Å². The van der Waals surface area contributed by atoms with Gasteiger partial charge in [-0.05, 0) is 65.3 Å². The van der Waals surface area contributed by atoms with Crippen LogP contribution in [0.5, 0.6) is 0 Å².